The Hall–Kier alpha value is 0.130. The van der Waals surface area contributed by atoms with E-state index in [-0.39, 0.29) is 6.04 Å². The molecule has 1 nitrogen and oxygen atoms in total. The molecule has 0 aromatic carbocycles. The minimum atomic E-state index is 0.250. The monoisotopic (exact) mass is 349 g/mol. The second-order valence-corrected chi connectivity index (χ2v) is 7.05. The second-order valence-electron chi connectivity index (χ2n) is 3.77. The molecule has 0 fully saturated rings. The summed E-state index contributed by atoms with van der Waals surface area (Å²) in [6.45, 7) is 5.21. The van der Waals surface area contributed by atoms with Gasteiger partial charge in [0.15, 0.2) is 0 Å². The van der Waals surface area contributed by atoms with Gasteiger partial charge in [0.2, 0.25) is 0 Å². The molecule has 1 atom stereocenters. The zero-order chi connectivity index (χ0) is 12.4. The third-order valence-corrected chi connectivity index (χ3v) is 5.98. The normalized spacial score (nSPS) is 12.9. The second kappa shape index (κ2) is 5.85. The molecule has 1 N–H and O–H groups in total. The quantitative estimate of drug-likeness (QED) is 0.796. The summed E-state index contributed by atoms with van der Waals surface area (Å²) in [7, 11) is 0. The Morgan fingerprint density at radius 3 is 2.71 bits per heavy atom. The van der Waals surface area contributed by atoms with Crippen molar-refractivity contribution in [3.8, 4) is 0 Å². The van der Waals surface area contributed by atoms with Gasteiger partial charge in [-0.05, 0) is 57.4 Å². The molecular weight excluding hydrogens is 338 g/mol. The maximum atomic E-state index is 6.12. The molecule has 2 heterocycles. The molecule has 0 amide bonds. The van der Waals surface area contributed by atoms with Crippen LogP contribution in [0.1, 0.15) is 29.0 Å². The molecule has 2 aromatic rings. The topological polar surface area (TPSA) is 12.0 Å². The Labute approximate surface area is 123 Å². The lowest BCUT2D eigenvalue weighted by Gasteiger charge is -2.16. The molecular formula is C12H13BrClNS2. The van der Waals surface area contributed by atoms with Gasteiger partial charge in [0.1, 0.15) is 4.34 Å². The van der Waals surface area contributed by atoms with E-state index in [2.05, 4.69) is 51.9 Å². The number of thiophene rings is 2. The van der Waals surface area contributed by atoms with E-state index in [1.54, 1.807) is 22.7 Å². The standard InChI is InChI=1S/C12H13BrClNS2/c1-3-15-11(8-6-16-5-7(8)2)10-4-9(13)12(14)17-10/h4-6,11,15H,3H2,1-2H3. The van der Waals surface area contributed by atoms with Crippen molar-refractivity contribution in [3.63, 3.8) is 0 Å². The van der Waals surface area contributed by atoms with Crippen molar-refractivity contribution in [2.24, 2.45) is 0 Å². The summed E-state index contributed by atoms with van der Waals surface area (Å²) in [6.07, 6.45) is 0. The summed E-state index contributed by atoms with van der Waals surface area (Å²) in [5.74, 6) is 0. The predicted molar refractivity (Wildman–Crippen MR) is 81.6 cm³/mol. The van der Waals surface area contributed by atoms with Crippen LogP contribution in [-0.2, 0) is 0 Å². The largest absolute Gasteiger partial charge is 0.306 e. The third-order valence-electron chi connectivity index (χ3n) is 2.56. The van der Waals surface area contributed by atoms with Crippen molar-refractivity contribution in [1.82, 2.24) is 5.32 Å². The molecule has 0 aliphatic heterocycles. The Morgan fingerprint density at radius 2 is 2.24 bits per heavy atom. The predicted octanol–water partition coefficient (Wildman–Crippen LogP) is 5.23. The van der Waals surface area contributed by atoms with Gasteiger partial charge >= 0.3 is 0 Å². The highest BCUT2D eigenvalue weighted by Crippen LogP contribution is 2.38. The first-order chi connectivity index (χ1) is 8.13. The summed E-state index contributed by atoms with van der Waals surface area (Å²) < 4.78 is 1.80. The maximum absolute atomic E-state index is 6.12. The molecule has 2 aromatic heterocycles. The molecule has 0 radical (unpaired) electrons. The first-order valence-corrected chi connectivity index (χ1v) is 8.27. The van der Waals surface area contributed by atoms with Crippen molar-refractivity contribution < 1.29 is 0 Å². The van der Waals surface area contributed by atoms with Gasteiger partial charge < -0.3 is 5.32 Å². The van der Waals surface area contributed by atoms with Gasteiger partial charge in [0.25, 0.3) is 0 Å². The SMILES string of the molecule is CCNC(c1cc(Br)c(Cl)s1)c1cscc1C. The lowest BCUT2D eigenvalue weighted by Crippen LogP contribution is -2.21. The number of aryl methyl sites for hydroxylation is 1. The van der Waals surface area contributed by atoms with Gasteiger partial charge in [-0.15, -0.1) is 11.3 Å². The third kappa shape index (κ3) is 2.93. The number of nitrogens with one attached hydrogen (secondary N) is 1. The first kappa shape index (κ1) is 13.6. The number of hydrogen-bond donors (Lipinski definition) is 1. The van der Waals surface area contributed by atoms with Gasteiger partial charge in [-0.3, -0.25) is 0 Å². The smallest absolute Gasteiger partial charge is 0.107 e. The molecule has 0 bridgehead atoms. The molecule has 0 aliphatic carbocycles. The van der Waals surface area contributed by atoms with E-state index in [0.29, 0.717) is 0 Å². The fourth-order valence-electron chi connectivity index (χ4n) is 1.74. The minimum Gasteiger partial charge on any atom is -0.306 e. The highest BCUT2D eigenvalue weighted by molar-refractivity contribution is 9.10. The van der Waals surface area contributed by atoms with Crippen molar-refractivity contribution >= 4 is 50.2 Å². The summed E-state index contributed by atoms with van der Waals surface area (Å²) in [5, 5.41) is 7.92. The molecule has 1 unspecified atom stereocenters. The lowest BCUT2D eigenvalue weighted by atomic mass is 10.1. The number of halogens is 2. The van der Waals surface area contributed by atoms with E-state index < -0.39 is 0 Å². The van der Waals surface area contributed by atoms with Crippen LogP contribution in [0.25, 0.3) is 0 Å². The Bertz CT molecular complexity index is 487. The highest BCUT2D eigenvalue weighted by atomic mass is 79.9. The summed E-state index contributed by atoms with van der Waals surface area (Å²) >= 11 is 13.0. The van der Waals surface area contributed by atoms with E-state index >= 15 is 0 Å². The van der Waals surface area contributed by atoms with E-state index in [1.165, 1.54) is 16.0 Å². The van der Waals surface area contributed by atoms with E-state index in [0.717, 1.165) is 15.4 Å². The van der Waals surface area contributed by atoms with Crippen LogP contribution in [0, 0.1) is 6.92 Å². The zero-order valence-corrected chi connectivity index (χ0v) is 13.6. The molecule has 0 saturated heterocycles. The van der Waals surface area contributed by atoms with E-state index in [1.807, 2.05) is 0 Å². The van der Waals surface area contributed by atoms with Crippen LogP contribution in [0.2, 0.25) is 4.34 Å². The Balaban J connectivity index is 2.39. The van der Waals surface area contributed by atoms with E-state index in [9.17, 15) is 0 Å². The summed E-state index contributed by atoms with van der Waals surface area (Å²) in [6, 6.07) is 2.36. The molecule has 5 heteroatoms. The highest BCUT2D eigenvalue weighted by Gasteiger charge is 2.19. The molecule has 0 aliphatic rings. The molecule has 0 spiro atoms. The van der Waals surface area contributed by atoms with Gasteiger partial charge in [-0.1, -0.05) is 18.5 Å². The average Bonchev–Trinajstić information content (AvgIpc) is 2.83. The first-order valence-electron chi connectivity index (χ1n) is 5.34. The van der Waals surface area contributed by atoms with Gasteiger partial charge in [0, 0.05) is 9.35 Å². The summed E-state index contributed by atoms with van der Waals surface area (Å²) in [5.41, 5.74) is 2.68. The number of hydrogen-bond acceptors (Lipinski definition) is 3. The Kier molecular flexibility index (Phi) is 4.66. The Morgan fingerprint density at radius 1 is 1.47 bits per heavy atom. The van der Waals surface area contributed by atoms with Crippen LogP contribution in [0.5, 0.6) is 0 Å². The van der Waals surface area contributed by atoms with Crippen molar-refractivity contribution in [1.29, 1.82) is 0 Å². The molecule has 92 valence electrons. The minimum absolute atomic E-state index is 0.250. The van der Waals surface area contributed by atoms with Gasteiger partial charge in [0.05, 0.1) is 6.04 Å². The fourth-order valence-corrected chi connectivity index (χ4v) is 4.45. The van der Waals surface area contributed by atoms with Crippen LogP contribution >= 0.6 is 50.2 Å². The van der Waals surface area contributed by atoms with Crippen LogP contribution in [0.15, 0.2) is 21.3 Å². The van der Waals surface area contributed by atoms with Crippen molar-refractivity contribution in [2.75, 3.05) is 6.54 Å². The van der Waals surface area contributed by atoms with Crippen molar-refractivity contribution in [2.45, 2.75) is 19.9 Å². The summed E-state index contributed by atoms with van der Waals surface area (Å²) in [4.78, 5) is 1.25. The van der Waals surface area contributed by atoms with Crippen LogP contribution < -0.4 is 5.32 Å². The van der Waals surface area contributed by atoms with Crippen LogP contribution in [0.3, 0.4) is 0 Å². The van der Waals surface area contributed by atoms with Gasteiger partial charge in [-0.2, -0.15) is 11.3 Å². The number of rotatable bonds is 4. The molecule has 2 rings (SSSR count). The maximum Gasteiger partial charge on any atom is 0.107 e. The average molecular weight is 351 g/mol. The van der Waals surface area contributed by atoms with Crippen LogP contribution in [-0.4, -0.2) is 6.54 Å². The van der Waals surface area contributed by atoms with Gasteiger partial charge in [-0.25, -0.2) is 0 Å². The van der Waals surface area contributed by atoms with Crippen LogP contribution in [0.4, 0.5) is 0 Å². The lowest BCUT2D eigenvalue weighted by molar-refractivity contribution is 0.638. The zero-order valence-electron chi connectivity index (χ0n) is 9.59. The van der Waals surface area contributed by atoms with E-state index in [4.69, 9.17) is 11.6 Å². The van der Waals surface area contributed by atoms with Crippen molar-refractivity contribution in [3.05, 3.63) is 41.6 Å². The molecule has 17 heavy (non-hydrogen) atoms. The fraction of sp³-hybridized carbons (Fsp3) is 0.333. The molecule has 0 saturated carbocycles.